The molecule has 0 spiro atoms. The fraction of sp³-hybridized carbons (Fsp3) is 0.360. The van der Waals surface area contributed by atoms with Crippen LogP contribution in [0.1, 0.15) is 40.8 Å². The van der Waals surface area contributed by atoms with Gasteiger partial charge in [0.25, 0.3) is 0 Å². The smallest absolute Gasteiger partial charge is 0.242 e. The minimum absolute atomic E-state index is 0.0193. The molecule has 1 aliphatic rings. The van der Waals surface area contributed by atoms with Crippen LogP contribution in [-0.4, -0.2) is 41.2 Å². The van der Waals surface area contributed by atoms with Crippen molar-refractivity contribution in [3.8, 4) is 0 Å². The highest BCUT2D eigenvalue weighted by molar-refractivity contribution is 7.10. The maximum Gasteiger partial charge on any atom is 0.242 e. The molecule has 0 saturated carbocycles. The summed E-state index contributed by atoms with van der Waals surface area (Å²) in [5.41, 5.74) is 2.34. The van der Waals surface area contributed by atoms with Crippen molar-refractivity contribution >= 4 is 34.5 Å². The van der Waals surface area contributed by atoms with Crippen molar-refractivity contribution < 1.29 is 9.59 Å². The minimum Gasteiger partial charge on any atom is -0.333 e. The second-order valence-corrected chi connectivity index (χ2v) is 10.4. The Morgan fingerprint density at radius 2 is 1.87 bits per heavy atom. The normalized spacial score (nSPS) is 15.7. The van der Waals surface area contributed by atoms with E-state index < -0.39 is 0 Å². The van der Waals surface area contributed by atoms with Crippen LogP contribution in [0.3, 0.4) is 0 Å². The van der Waals surface area contributed by atoms with Gasteiger partial charge in [-0.05, 0) is 46.4 Å². The number of carbonyl (C=O) groups excluding carboxylic acids is 2. The van der Waals surface area contributed by atoms with E-state index >= 15 is 0 Å². The lowest BCUT2D eigenvalue weighted by Crippen LogP contribution is -2.47. The molecule has 1 aliphatic heterocycles. The standard InChI is InChI=1S/C25H28N2O2S2/c1-18(2)16-26(23(28)15-20-9-6-13-30-20)17-24(29)27-12-10-22-21(11-14-31-22)25(27)19-7-4-3-5-8-19/h3-9,11,13-14,18,25H,10,12,15-17H2,1-2H3. The minimum atomic E-state index is -0.0861. The monoisotopic (exact) mass is 452 g/mol. The Morgan fingerprint density at radius 1 is 1.06 bits per heavy atom. The summed E-state index contributed by atoms with van der Waals surface area (Å²) in [6, 6.07) is 16.2. The lowest BCUT2D eigenvalue weighted by atomic mass is 9.93. The molecule has 1 atom stereocenters. The second-order valence-electron chi connectivity index (χ2n) is 8.37. The Bertz CT molecular complexity index is 1010. The molecule has 0 saturated heterocycles. The Kier molecular flexibility index (Phi) is 6.88. The van der Waals surface area contributed by atoms with Crippen LogP contribution < -0.4 is 0 Å². The highest BCUT2D eigenvalue weighted by atomic mass is 32.1. The first kappa shape index (κ1) is 21.8. The zero-order valence-electron chi connectivity index (χ0n) is 18.0. The summed E-state index contributed by atoms with van der Waals surface area (Å²) in [6.07, 6.45) is 1.23. The Hall–Kier alpha value is -2.44. The number of amides is 2. The number of rotatable bonds is 7. The first-order chi connectivity index (χ1) is 15.0. The van der Waals surface area contributed by atoms with Crippen LogP contribution in [-0.2, 0) is 22.4 Å². The highest BCUT2D eigenvalue weighted by Gasteiger charge is 2.34. The van der Waals surface area contributed by atoms with E-state index in [2.05, 4.69) is 37.4 Å². The average molecular weight is 453 g/mol. The van der Waals surface area contributed by atoms with Crippen LogP contribution in [0.5, 0.6) is 0 Å². The summed E-state index contributed by atoms with van der Waals surface area (Å²) in [4.78, 5) is 32.7. The molecule has 0 bridgehead atoms. The summed E-state index contributed by atoms with van der Waals surface area (Å²) >= 11 is 3.35. The molecule has 4 nitrogen and oxygen atoms in total. The molecule has 3 heterocycles. The average Bonchev–Trinajstić information content (AvgIpc) is 3.44. The van der Waals surface area contributed by atoms with Gasteiger partial charge >= 0.3 is 0 Å². The third-order valence-corrected chi connectivity index (χ3v) is 7.44. The van der Waals surface area contributed by atoms with Crippen LogP contribution in [0.2, 0.25) is 0 Å². The second kappa shape index (κ2) is 9.79. The molecule has 0 fully saturated rings. The molecular weight excluding hydrogens is 424 g/mol. The van der Waals surface area contributed by atoms with Crippen molar-refractivity contribution in [3.63, 3.8) is 0 Å². The van der Waals surface area contributed by atoms with Gasteiger partial charge in [0.2, 0.25) is 11.8 Å². The molecule has 0 N–H and O–H groups in total. The Labute approximate surface area is 192 Å². The van der Waals surface area contributed by atoms with Crippen molar-refractivity contribution in [2.45, 2.75) is 32.7 Å². The van der Waals surface area contributed by atoms with E-state index in [-0.39, 0.29) is 24.4 Å². The molecule has 6 heteroatoms. The van der Waals surface area contributed by atoms with Crippen LogP contribution in [0, 0.1) is 5.92 Å². The van der Waals surface area contributed by atoms with E-state index in [0.29, 0.717) is 25.4 Å². The van der Waals surface area contributed by atoms with Crippen molar-refractivity contribution in [1.29, 1.82) is 0 Å². The van der Waals surface area contributed by atoms with Crippen LogP contribution in [0.15, 0.2) is 59.3 Å². The van der Waals surface area contributed by atoms with Gasteiger partial charge in [0.1, 0.15) is 0 Å². The topological polar surface area (TPSA) is 40.6 Å². The van der Waals surface area contributed by atoms with Gasteiger partial charge in [-0.3, -0.25) is 9.59 Å². The highest BCUT2D eigenvalue weighted by Crippen LogP contribution is 2.37. The number of carbonyl (C=O) groups is 2. The molecule has 1 aromatic carbocycles. The van der Waals surface area contributed by atoms with E-state index in [1.165, 1.54) is 10.4 Å². The molecule has 31 heavy (non-hydrogen) atoms. The largest absolute Gasteiger partial charge is 0.333 e. The summed E-state index contributed by atoms with van der Waals surface area (Å²) in [6.45, 7) is 5.57. The van der Waals surface area contributed by atoms with E-state index in [4.69, 9.17) is 0 Å². The van der Waals surface area contributed by atoms with Crippen LogP contribution in [0.4, 0.5) is 0 Å². The predicted octanol–water partition coefficient (Wildman–Crippen LogP) is 5.01. The lowest BCUT2D eigenvalue weighted by Gasteiger charge is -2.38. The molecule has 2 aromatic heterocycles. The fourth-order valence-corrected chi connectivity index (χ4v) is 5.80. The lowest BCUT2D eigenvalue weighted by molar-refractivity contribution is -0.141. The van der Waals surface area contributed by atoms with Crippen molar-refractivity contribution in [2.24, 2.45) is 5.92 Å². The molecule has 4 rings (SSSR count). The first-order valence-corrected chi connectivity index (χ1v) is 12.5. The molecule has 0 aliphatic carbocycles. The predicted molar refractivity (Wildman–Crippen MR) is 127 cm³/mol. The molecule has 3 aromatic rings. The van der Waals surface area contributed by atoms with Gasteiger partial charge in [-0.1, -0.05) is 50.2 Å². The van der Waals surface area contributed by atoms with Crippen LogP contribution >= 0.6 is 22.7 Å². The van der Waals surface area contributed by atoms with Crippen molar-refractivity contribution in [1.82, 2.24) is 9.80 Å². The zero-order chi connectivity index (χ0) is 21.8. The quantitative estimate of drug-likeness (QED) is 0.506. The van der Waals surface area contributed by atoms with E-state index in [0.717, 1.165) is 16.9 Å². The fourth-order valence-electron chi connectivity index (χ4n) is 4.20. The Morgan fingerprint density at radius 3 is 2.58 bits per heavy atom. The molecule has 0 radical (unpaired) electrons. The van der Waals surface area contributed by atoms with E-state index in [1.54, 1.807) is 27.6 Å². The summed E-state index contributed by atoms with van der Waals surface area (Å²) in [5.74, 6) is 0.342. The number of benzene rings is 1. The maximum atomic E-state index is 13.6. The number of nitrogens with zero attached hydrogens (tertiary/aromatic N) is 2. The number of thiophene rings is 2. The Balaban J connectivity index is 1.56. The van der Waals surface area contributed by atoms with Crippen molar-refractivity contribution in [2.75, 3.05) is 19.6 Å². The van der Waals surface area contributed by atoms with Gasteiger partial charge in [-0.2, -0.15) is 0 Å². The van der Waals surface area contributed by atoms with Gasteiger partial charge in [0.05, 0.1) is 19.0 Å². The molecule has 162 valence electrons. The van der Waals surface area contributed by atoms with Gasteiger partial charge in [0.15, 0.2) is 0 Å². The third kappa shape index (κ3) is 5.08. The summed E-state index contributed by atoms with van der Waals surface area (Å²) < 4.78 is 0. The van der Waals surface area contributed by atoms with Crippen molar-refractivity contribution in [3.05, 3.63) is 80.2 Å². The number of hydrogen-bond acceptors (Lipinski definition) is 4. The molecule has 1 unspecified atom stereocenters. The van der Waals surface area contributed by atoms with Gasteiger partial charge in [-0.15, -0.1) is 22.7 Å². The first-order valence-electron chi connectivity index (χ1n) is 10.7. The number of fused-ring (bicyclic) bond motifs is 1. The molecule has 2 amide bonds. The van der Waals surface area contributed by atoms with Gasteiger partial charge < -0.3 is 9.80 Å². The van der Waals surface area contributed by atoms with Gasteiger partial charge in [-0.25, -0.2) is 0 Å². The van der Waals surface area contributed by atoms with E-state index in [1.807, 2.05) is 40.6 Å². The third-order valence-electron chi connectivity index (χ3n) is 5.57. The summed E-state index contributed by atoms with van der Waals surface area (Å²) in [5, 5.41) is 4.10. The van der Waals surface area contributed by atoms with E-state index in [9.17, 15) is 9.59 Å². The van der Waals surface area contributed by atoms with Gasteiger partial charge in [0, 0.05) is 22.8 Å². The summed E-state index contributed by atoms with van der Waals surface area (Å²) in [7, 11) is 0. The zero-order valence-corrected chi connectivity index (χ0v) is 19.6. The maximum absolute atomic E-state index is 13.6. The molecular formula is C25H28N2O2S2. The SMILES string of the molecule is CC(C)CN(CC(=O)N1CCc2sccc2C1c1ccccc1)C(=O)Cc1cccs1. The van der Waals surface area contributed by atoms with Crippen LogP contribution in [0.25, 0.3) is 0 Å². The number of hydrogen-bond donors (Lipinski definition) is 0.